The van der Waals surface area contributed by atoms with E-state index in [1.165, 1.54) is 24.3 Å². The highest BCUT2D eigenvalue weighted by molar-refractivity contribution is 6.22. The van der Waals surface area contributed by atoms with Crippen molar-refractivity contribution in [3.63, 3.8) is 0 Å². The minimum absolute atomic E-state index is 0.0491. The molecule has 0 fully saturated rings. The number of carboxylic acid groups (broad SMARTS) is 2. The van der Waals surface area contributed by atoms with Gasteiger partial charge < -0.3 is 20.8 Å². The zero-order valence-electron chi connectivity index (χ0n) is 14.3. The molecule has 0 radical (unpaired) electrons. The lowest BCUT2D eigenvalue weighted by Gasteiger charge is -2.17. The molecule has 0 aromatic heterocycles. The monoisotopic (exact) mass is 378 g/mol. The van der Waals surface area contributed by atoms with Gasteiger partial charge in [-0.25, -0.2) is 9.59 Å². The van der Waals surface area contributed by atoms with Crippen molar-refractivity contribution >= 4 is 34.9 Å². The van der Waals surface area contributed by atoms with Gasteiger partial charge in [0.25, 0.3) is 0 Å². The Kier molecular flexibility index (Phi) is 5.03. The fourth-order valence-electron chi connectivity index (χ4n) is 2.60. The zero-order valence-corrected chi connectivity index (χ0v) is 14.3. The van der Waals surface area contributed by atoms with Crippen LogP contribution in [0.2, 0.25) is 0 Å². The molecule has 8 heteroatoms. The molecule has 2 aromatic rings. The predicted molar refractivity (Wildman–Crippen MR) is 100 cm³/mol. The van der Waals surface area contributed by atoms with Crippen LogP contribution in [0.4, 0.5) is 11.4 Å². The second-order valence-corrected chi connectivity index (χ2v) is 5.80. The summed E-state index contributed by atoms with van der Waals surface area (Å²) in [6.07, 6.45) is 2.07. The molecule has 0 aliphatic heterocycles. The van der Waals surface area contributed by atoms with Crippen LogP contribution >= 0.6 is 0 Å². The number of allylic oxidation sites excluding steroid dienone is 2. The molecule has 2 aromatic carbocycles. The summed E-state index contributed by atoms with van der Waals surface area (Å²) in [5.74, 6) is -3.48. The number of nitrogens with one attached hydrogen (secondary N) is 2. The Labute approximate surface area is 158 Å². The number of carboxylic acids is 2. The molecule has 0 bridgehead atoms. The quantitative estimate of drug-likeness (QED) is 0.564. The Hall–Kier alpha value is -4.20. The molecule has 8 nitrogen and oxygen atoms in total. The highest BCUT2D eigenvalue weighted by Crippen LogP contribution is 2.22. The second kappa shape index (κ2) is 7.58. The van der Waals surface area contributed by atoms with E-state index in [0.29, 0.717) is 0 Å². The number of rotatable bonds is 6. The summed E-state index contributed by atoms with van der Waals surface area (Å²) in [7, 11) is 0. The third kappa shape index (κ3) is 3.80. The van der Waals surface area contributed by atoms with Crippen LogP contribution in [-0.4, -0.2) is 33.7 Å². The molecule has 0 saturated carbocycles. The van der Waals surface area contributed by atoms with Gasteiger partial charge in [0, 0.05) is 12.2 Å². The lowest BCUT2D eigenvalue weighted by atomic mass is 10.0. The van der Waals surface area contributed by atoms with Crippen LogP contribution < -0.4 is 10.6 Å². The van der Waals surface area contributed by atoms with Gasteiger partial charge in [-0.15, -0.1) is 0 Å². The molecular weight excluding hydrogens is 364 g/mol. The summed E-state index contributed by atoms with van der Waals surface area (Å²) in [5, 5.41) is 23.8. The first-order valence-corrected chi connectivity index (χ1v) is 8.07. The van der Waals surface area contributed by atoms with Crippen LogP contribution in [0, 0.1) is 0 Å². The number of ketones is 2. The molecule has 0 atom stereocenters. The van der Waals surface area contributed by atoms with Gasteiger partial charge in [0.1, 0.15) is 0 Å². The van der Waals surface area contributed by atoms with E-state index >= 15 is 0 Å². The molecular formula is C20H14N2O6. The summed E-state index contributed by atoms with van der Waals surface area (Å²) < 4.78 is 0. The fraction of sp³-hybridized carbons (Fsp3) is 0. The van der Waals surface area contributed by atoms with Gasteiger partial charge in [0.05, 0.1) is 33.9 Å². The van der Waals surface area contributed by atoms with E-state index in [1.54, 1.807) is 24.3 Å². The molecule has 1 aliphatic carbocycles. The van der Waals surface area contributed by atoms with Crippen molar-refractivity contribution in [1.82, 2.24) is 0 Å². The first-order valence-electron chi connectivity index (χ1n) is 8.07. The van der Waals surface area contributed by atoms with E-state index in [1.807, 2.05) is 0 Å². The van der Waals surface area contributed by atoms with Crippen LogP contribution in [0.15, 0.2) is 72.1 Å². The standard InChI is InChI=1S/C20H14N2O6/c23-17-10-16(22-14-8-4-2-6-12(14)20(27)28)18(24)9-15(17)21-13-7-3-1-5-11(13)19(25)26/h1-10,21-22H,(H,25,26)(H,27,28). The highest BCUT2D eigenvalue weighted by Gasteiger charge is 2.23. The minimum Gasteiger partial charge on any atom is -0.478 e. The van der Waals surface area contributed by atoms with Gasteiger partial charge in [0.2, 0.25) is 11.6 Å². The van der Waals surface area contributed by atoms with E-state index in [0.717, 1.165) is 12.2 Å². The number of anilines is 2. The van der Waals surface area contributed by atoms with Gasteiger partial charge >= 0.3 is 11.9 Å². The van der Waals surface area contributed by atoms with Crippen molar-refractivity contribution < 1.29 is 29.4 Å². The Morgan fingerprint density at radius 1 is 0.643 bits per heavy atom. The van der Waals surface area contributed by atoms with Crippen molar-refractivity contribution in [3.8, 4) is 0 Å². The third-order valence-corrected chi connectivity index (χ3v) is 3.94. The average molecular weight is 378 g/mol. The van der Waals surface area contributed by atoms with Crippen molar-refractivity contribution in [1.29, 1.82) is 0 Å². The van der Waals surface area contributed by atoms with Crippen molar-refractivity contribution in [3.05, 3.63) is 83.2 Å². The highest BCUT2D eigenvalue weighted by atomic mass is 16.4. The molecule has 3 rings (SSSR count). The Balaban J connectivity index is 1.84. The number of carbonyl (C=O) groups is 4. The van der Waals surface area contributed by atoms with Crippen molar-refractivity contribution in [2.24, 2.45) is 0 Å². The number of hydrogen-bond donors (Lipinski definition) is 4. The van der Waals surface area contributed by atoms with Crippen LogP contribution in [0.5, 0.6) is 0 Å². The van der Waals surface area contributed by atoms with Crippen molar-refractivity contribution in [2.75, 3.05) is 10.6 Å². The number of para-hydroxylation sites is 2. The van der Waals surface area contributed by atoms with Crippen LogP contribution in [0.25, 0.3) is 0 Å². The maximum Gasteiger partial charge on any atom is 0.337 e. The minimum atomic E-state index is -1.18. The lowest BCUT2D eigenvalue weighted by molar-refractivity contribution is -0.115. The molecule has 140 valence electrons. The number of hydrogen-bond acceptors (Lipinski definition) is 6. The third-order valence-electron chi connectivity index (χ3n) is 3.94. The molecule has 0 amide bonds. The lowest BCUT2D eigenvalue weighted by Crippen LogP contribution is -2.23. The molecule has 28 heavy (non-hydrogen) atoms. The fourth-order valence-corrected chi connectivity index (χ4v) is 2.60. The van der Waals surface area contributed by atoms with E-state index in [-0.39, 0.29) is 33.9 Å². The molecule has 0 heterocycles. The summed E-state index contributed by atoms with van der Waals surface area (Å²) in [4.78, 5) is 47.3. The molecule has 0 saturated heterocycles. The Morgan fingerprint density at radius 2 is 1.00 bits per heavy atom. The van der Waals surface area contributed by atoms with Gasteiger partial charge in [-0.2, -0.15) is 0 Å². The predicted octanol–water partition coefficient (Wildman–Crippen LogP) is 2.53. The topological polar surface area (TPSA) is 133 Å². The second-order valence-electron chi connectivity index (χ2n) is 5.80. The van der Waals surface area contributed by atoms with Gasteiger partial charge in [-0.05, 0) is 24.3 Å². The largest absolute Gasteiger partial charge is 0.478 e. The molecule has 0 spiro atoms. The SMILES string of the molecule is O=C1C=C(Nc2ccccc2C(=O)O)C(=O)C=C1Nc1ccccc1C(=O)O. The van der Waals surface area contributed by atoms with E-state index in [9.17, 15) is 29.4 Å². The smallest absolute Gasteiger partial charge is 0.337 e. The summed E-state index contributed by atoms with van der Waals surface area (Å²) in [5.41, 5.74) is 0.0669. The van der Waals surface area contributed by atoms with Crippen LogP contribution in [0.3, 0.4) is 0 Å². The zero-order chi connectivity index (χ0) is 20.3. The first-order chi connectivity index (χ1) is 13.4. The first kappa shape index (κ1) is 18.6. The summed E-state index contributed by atoms with van der Waals surface area (Å²) >= 11 is 0. The van der Waals surface area contributed by atoms with E-state index < -0.39 is 23.5 Å². The van der Waals surface area contributed by atoms with Crippen molar-refractivity contribution in [2.45, 2.75) is 0 Å². The summed E-state index contributed by atoms with van der Waals surface area (Å²) in [6, 6.07) is 12.0. The van der Waals surface area contributed by atoms with E-state index in [2.05, 4.69) is 10.6 Å². The maximum absolute atomic E-state index is 12.4. The number of benzene rings is 2. The normalized spacial score (nSPS) is 13.4. The van der Waals surface area contributed by atoms with Gasteiger partial charge in [-0.3, -0.25) is 9.59 Å². The van der Waals surface area contributed by atoms with Crippen LogP contribution in [-0.2, 0) is 9.59 Å². The summed E-state index contributed by atoms with van der Waals surface area (Å²) in [6.45, 7) is 0. The van der Waals surface area contributed by atoms with Gasteiger partial charge in [0.15, 0.2) is 0 Å². The Bertz CT molecular complexity index is 982. The Morgan fingerprint density at radius 3 is 1.36 bits per heavy atom. The molecule has 1 aliphatic rings. The average Bonchev–Trinajstić information content (AvgIpc) is 2.66. The number of carbonyl (C=O) groups excluding carboxylic acids is 2. The molecule has 4 N–H and O–H groups in total. The molecule has 0 unspecified atom stereocenters. The van der Waals surface area contributed by atoms with Crippen LogP contribution in [0.1, 0.15) is 20.7 Å². The maximum atomic E-state index is 12.4. The van der Waals surface area contributed by atoms with E-state index in [4.69, 9.17) is 0 Å². The number of aromatic carboxylic acids is 2. The van der Waals surface area contributed by atoms with Gasteiger partial charge in [-0.1, -0.05) is 24.3 Å².